The second-order valence-corrected chi connectivity index (χ2v) is 9.26. The number of hydrogen-bond donors (Lipinski definition) is 3. The van der Waals surface area contributed by atoms with Crippen LogP contribution in [0.4, 0.5) is 0 Å². The Morgan fingerprint density at radius 2 is 1.58 bits per heavy atom. The van der Waals surface area contributed by atoms with E-state index >= 15 is 0 Å². The van der Waals surface area contributed by atoms with E-state index in [1.54, 1.807) is 6.07 Å². The molecule has 0 unspecified atom stereocenters. The van der Waals surface area contributed by atoms with Crippen LogP contribution < -0.4 is 0 Å². The van der Waals surface area contributed by atoms with Gasteiger partial charge in [0, 0.05) is 17.2 Å². The lowest BCUT2D eigenvalue weighted by atomic mass is 9.75. The van der Waals surface area contributed by atoms with Crippen LogP contribution >= 0.6 is 0 Å². The van der Waals surface area contributed by atoms with Crippen LogP contribution in [0, 0.1) is 17.8 Å². The van der Waals surface area contributed by atoms with Crippen molar-refractivity contribution in [1.82, 2.24) is 0 Å². The maximum atomic E-state index is 13.0. The molecule has 2 aliphatic carbocycles. The summed E-state index contributed by atoms with van der Waals surface area (Å²) in [5.74, 6) is -0.730. The van der Waals surface area contributed by atoms with Gasteiger partial charge in [-0.3, -0.25) is 9.59 Å². The summed E-state index contributed by atoms with van der Waals surface area (Å²) in [4.78, 5) is 25.9. The average Bonchev–Trinajstić information content (AvgIpc) is 2.69. The predicted octanol–water partition coefficient (Wildman–Crippen LogP) is 4.56. The van der Waals surface area contributed by atoms with Crippen molar-refractivity contribution in [3.63, 3.8) is 0 Å². The van der Waals surface area contributed by atoms with Crippen molar-refractivity contribution in [2.24, 2.45) is 17.8 Å². The minimum absolute atomic E-state index is 0.0542. The molecule has 3 atom stereocenters. The van der Waals surface area contributed by atoms with Crippen LogP contribution in [0.15, 0.2) is 24.3 Å². The second-order valence-electron chi connectivity index (χ2n) is 9.26. The topological polar surface area (TPSA) is 104 Å². The molecule has 4 rings (SSSR count). The lowest BCUT2D eigenvalue weighted by molar-refractivity contribution is -0.0473. The van der Waals surface area contributed by atoms with Crippen LogP contribution in [0.3, 0.4) is 0 Å². The fourth-order valence-corrected chi connectivity index (χ4v) is 5.00. The summed E-state index contributed by atoms with van der Waals surface area (Å²) in [7, 11) is 0. The minimum atomic E-state index is -0.645. The third-order valence-electron chi connectivity index (χ3n) is 6.65. The number of aromatic hydroxyl groups is 3. The lowest BCUT2D eigenvalue weighted by Crippen LogP contribution is -2.34. The normalized spacial score (nSPS) is 23.0. The van der Waals surface area contributed by atoms with Gasteiger partial charge in [0.2, 0.25) is 5.78 Å². The molecule has 3 N–H and O–H groups in total. The molecular formula is C25H28O6. The van der Waals surface area contributed by atoms with E-state index in [0.717, 1.165) is 25.0 Å². The summed E-state index contributed by atoms with van der Waals surface area (Å²) < 4.78 is 6.24. The number of phenolic OH excluding ortho intramolecular Hbond substituents is 3. The largest absolute Gasteiger partial charge is 0.508 e. The van der Waals surface area contributed by atoms with Gasteiger partial charge in [-0.1, -0.05) is 27.2 Å². The molecule has 0 radical (unpaired) electrons. The predicted molar refractivity (Wildman–Crippen MR) is 115 cm³/mol. The maximum absolute atomic E-state index is 13.0. The highest BCUT2D eigenvalue weighted by atomic mass is 16.5. The van der Waals surface area contributed by atoms with Crippen molar-refractivity contribution in [2.45, 2.75) is 52.7 Å². The molecule has 164 valence electrons. The molecule has 0 aromatic heterocycles. The van der Waals surface area contributed by atoms with E-state index in [9.17, 15) is 24.9 Å². The Bertz CT molecular complexity index is 1050. The fraction of sp³-hybridized carbons (Fsp3) is 0.440. The first kappa shape index (κ1) is 21.4. The number of carbonyl (C=O) groups is 2. The van der Waals surface area contributed by atoms with Gasteiger partial charge in [0.1, 0.15) is 17.2 Å². The molecule has 0 heterocycles. The molecule has 2 aromatic rings. The molecule has 2 aromatic carbocycles. The zero-order chi connectivity index (χ0) is 22.4. The molecule has 31 heavy (non-hydrogen) atoms. The fourth-order valence-electron chi connectivity index (χ4n) is 5.00. The standard InChI is InChI=1S/C25H28O6/c1-12(2)16-5-4-13(3)6-21(16)31-11-14-7-17-22(19(27)8-14)25(30)23-18(24(17)29)9-15(26)10-20(23)28/h7-10,12-13,16,21,26-28H,4-6,11H2,1-3H3/t13-,16+,21-/m1/s1. The Labute approximate surface area is 181 Å². The Morgan fingerprint density at radius 3 is 2.26 bits per heavy atom. The molecule has 0 bridgehead atoms. The molecule has 0 spiro atoms. The van der Waals surface area contributed by atoms with Crippen LogP contribution in [-0.4, -0.2) is 33.0 Å². The van der Waals surface area contributed by atoms with Crippen LogP contribution in [0.1, 0.15) is 77.4 Å². The van der Waals surface area contributed by atoms with Crippen molar-refractivity contribution in [2.75, 3.05) is 0 Å². The van der Waals surface area contributed by atoms with E-state index in [2.05, 4.69) is 20.8 Å². The number of rotatable bonds is 4. The van der Waals surface area contributed by atoms with Gasteiger partial charge in [0.05, 0.1) is 23.8 Å². The number of phenols is 3. The first-order valence-corrected chi connectivity index (χ1v) is 10.8. The molecule has 0 saturated heterocycles. The second kappa shape index (κ2) is 8.00. The number of fused-ring (bicyclic) bond motifs is 2. The third-order valence-corrected chi connectivity index (χ3v) is 6.65. The van der Waals surface area contributed by atoms with Crippen molar-refractivity contribution < 1.29 is 29.6 Å². The van der Waals surface area contributed by atoms with E-state index in [1.807, 2.05) is 0 Å². The highest BCUT2D eigenvalue weighted by Crippen LogP contribution is 2.40. The van der Waals surface area contributed by atoms with Crippen LogP contribution in [0.2, 0.25) is 0 Å². The van der Waals surface area contributed by atoms with Crippen molar-refractivity contribution in [1.29, 1.82) is 0 Å². The quantitative estimate of drug-likeness (QED) is 0.567. The van der Waals surface area contributed by atoms with Crippen molar-refractivity contribution in [3.05, 3.63) is 52.1 Å². The van der Waals surface area contributed by atoms with Crippen LogP contribution in [-0.2, 0) is 11.3 Å². The van der Waals surface area contributed by atoms with Gasteiger partial charge in [-0.05, 0) is 54.4 Å². The Balaban J connectivity index is 1.64. The molecule has 6 heteroatoms. The zero-order valence-corrected chi connectivity index (χ0v) is 18.0. The van der Waals surface area contributed by atoms with E-state index in [4.69, 9.17) is 4.74 Å². The molecule has 2 aliphatic rings. The molecule has 1 saturated carbocycles. The van der Waals surface area contributed by atoms with Gasteiger partial charge in [0.15, 0.2) is 5.78 Å². The summed E-state index contributed by atoms with van der Waals surface area (Å²) in [5.41, 5.74) is 0.247. The number of ketones is 2. The number of benzene rings is 2. The van der Waals surface area contributed by atoms with Crippen LogP contribution in [0.5, 0.6) is 17.2 Å². The molecule has 0 amide bonds. The van der Waals surface area contributed by atoms with Gasteiger partial charge < -0.3 is 20.1 Å². The van der Waals surface area contributed by atoms with Crippen molar-refractivity contribution >= 4 is 11.6 Å². The summed E-state index contributed by atoms with van der Waals surface area (Å²) in [6.45, 7) is 6.86. The smallest absolute Gasteiger partial charge is 0.201 e. The first-order chi connectivity index (χ1) is 14.7. The molecule has 6 nitrogen and oxygen atoms in total. The summed E-state index contributed by atoms with van der Waals surface area (Å²) in [5, 5.41) is 30.4. The number of hydrogen-bond acceptors (Lipinski definition) is 6. The average molecular weight is 424 g/mol. The molecule has 1 fully saturated rings. The third kappa shape index (κ3) is 3.81. The summed E-state index contributed by atoms with van der Waals surface area (Å²) in [6.07, 6.45) is 3.39. The Hall–Kier alpha value is -2.86. The highest BCUT2D eigenvalue weighted by Gasteiger charge is 2.36. The van der Waals surface area contributed by atoms with Gasteiger partial charge >= 0.3 is 0 Å². The van der Waals surface area contributed by atoms with E-state index in [-0.39, 0.29) is 46.5 Å². The lowest BCUT2D eigenvalue weighted by Gasteiger charge is -2.37. The maximum Gasteiger partial charge on any atom is 0.201 e. The van der Waals surface area contributed by atoms with Gasteiger partial charge in [-0.25, -0.2) is 0 Å². The van der Waals surface area contributed by atoms with E-state index in [1.165, 1.54) is 12.5 Å². The number of carbonyl (C=O) groups excluding carboxylic acids is 2. The Morgan fingerprint density at radius 1 is 0.935 bits per heavy atom. The monoisotopic (exact) mass is 424 g/mol. The summed E-state index contributed by atoms with van der Waals surface area (Å²) >= 11 is 0. The Kier molecular flexibility index (Phi) is 5.52. The minimum Gasteiger partial charge on any atom is -0.508 e. The number of ether oxygens (including phenoxy) is 1. The van der Waals surface area contributed by atoms with Gasteiger partial charge in [-0.15, -0.1) is 0 Å². The van der Waals surface area contributed by atoms with Gasteiger partial charge in [0.25, 0.3) is 0 Å². The van der Waals surface area contributed by atoms with Gasteiger partial charge in [-0.2, -0.15) is 0 Å². The SMILES string of the molecule is CC(C)[C@@H]1CC[C@@H](C)C[C@H]1OCc1cc(O)c2c(c1)C(=O)c1cc(O)cc(O)c1C2=O. The highest BCUT2D eigenvalue weighted by molar-refractivity contribution is 6.30. The first-order valence-electron chi connectivity index (χ1n) is 10.8. The van der Waals surface area contributed by atoms with E-state index in [0.29, 0.717) is 23.3 Å². The van der Waals surface area contributed by atoms with Crippen LogP contribution in [0.25, 0.3) is 0 Å². The molecular weight excluding hydrogens is 396 g/mol. The van der Waals surface area contributed by atoms with Crippen molar-refractivity contribution in [3.8, 4) is 17.2 Å². The summed E-state index contributed by atoms with van der Waals surface area (Å²) in [6, 6.07) is 5.18. The molecule has 0 aliphatic heterocycles. The van der Waals surface area contributed by atoms with E-state index < -0.39 is 17.3 Å². The zero-order valence-electron chi connectivity index (χ0n) is 18.0.